The Labute approximate surface area is 153 Å². The molecule has 0 bridgehead atoms. The molecule has 25 heavy (non-hydrogen) atoms. The van der Waals surface area contributed by atoms with Crippen LogP contribution in [-0.4, -0.2) is 27.7 Å². The largest absolute Gasteiger partial charge is 0.503 e. The highest BCUT2D eigenvalue weighted by molar-refractivity contribution is 6.30. The highest BCUT2D eigenvalue weighted by Crippen LogP contribution is 2.44. The molecule has 1 aromatic rings. The summed E-state index contributed by atoms with van der Waals surface area (Å²) in [6.07, 6.45) is 3.93. The van der Waals surface area contributed by atoms with E-state index in [-0.39, 0.29) is 17.4 Å². The number of amides is 1. The number of ketones is 1. The first-order chi connectivity index (χ1) is 11.7. The number of carbonyl (C=O) groups excluding carboxylic acids is 2. The van der Waals surface area contributed by atoms with Crippen LogP contribution in [0.5, 0.6) is 0 Å². The van der Waals surface area contributed by atoms with E-state index >= 15 is 0 Å². The second kappa shape index (κ2) is 6.49. The normalized spacial score (nSPS) is 22.2. The van der Waals surface area contributed by atoms with Crippen LogP contribution in [0.2, 0.25) is 5.02 Å². The van der Waals surface area contributed by atoms with Crippen molar-refractivity contribution in [3.63, 3.8) is 0 Å². The zero-order valence-electron chi connectivity index (χ0n) is 14.9. The fourth-order valence-electron chi connectivity index (χ4n) is 3.79. The van der Waals surface area contributed by atoms with Crippen LogP contribution in [0.25, 0.3) is 0 Å². The lowest BCUT2D eigenvalue weighted by Crippen LogP contribution is -2.39. The Morgan fingerprint density at radius 1 is 1.16 bits per heavy atom. The molecule has 1 aliphatic carbocycles. The van der Waals surface area contributed by atoms with E-state index < -0.39 is 23.1 Å². The molecule has 2 aliphatic rings. The summed E-state index contributed by atoms with van der Waals surface area (Å²) >= 11 is 6.00. The summed E-state index contributed by atoms with van der Waals surface area (Å²) in [5.74, 6) is -1.02. The van der Waals surface area contributed by atoms with E-state index in [9.17, 15) is 14.7 Å². The molecule has 0 radical (unpaired) electrons. The van der Waals surface area contributed by atoms with Gasteiger partial charge in [0.1, 0.15) is 0 Å². The van der Waals surface area contributed by atoms with Gasteiger partial charge in [-0.2, -0.15) is 0 Å². The summed E-state index contributed by atoms with van der Waals surface area (Å²) in [4.78, 5) is 27.5. The van der Waals surface area contributed by atoms with Crippen LogP contribution in [0.3, 0.4) is 0 Å². The summed E-state index contributed by atoms with van der Waals surface area (Å²) in [7, 11) is 0. The molecule has 1 aliphatic heterocycles. The Morgan fingerprint density at radius 2 is 1.72 bits per heavy atom. The number of benzene rings is 1. The molecule has 1 saturated carbocycles. The zero-order chi connectivity index (χ0) is 18.4. The fraction of sp³-hybridized carbons (Fsp3) is 0.500. The topological polar surface area (TPSA) is 57.6 Å². The lowest BCUT2D eigenvalue weighted by Gasteiger charge is -2.33. The summed E-state index contributed by atoms with van der Waals surface area (Å²) in [6.45, 7) is 5.41. The van der Waals surface area contributed by atoms with Gasteiger partial charge >= 0.3 is 0 Å². The zero-order valence-corrected chi connectivity index (χ0v) is 15.6. The molecule has 1 N–H and O–H groups in total. The molecule has 1 amide bonds. The van der Waals surface area contributed by atoms with Crippen LogP contribution in [-0.2, 0) is 9.59 Å². The molecular weight excluding hydrogens is 338 g/mol. The van der Waals surface area contributed by atoms with E-state index in [4.69, 9.17) is 11.6 Å². The lowest BCUT2D eigenvalue weighted by atomic mass is 9.82. The predicted molar refractivity (Wildman–Crippen MR) is 97.4 cm³/mol. The SMILES string of the molecule is CC(C)(C)C(=O)C1=C(O)C(=O)N(C2CCCC2)C1c1ccc(Cl)cc1. The molecule has 1 aromatic carbocycles. The average molecular weight is 362 g/mol. The number of aliphatic hydroxyl groups is 1. The molecule has 5 heteroatoms. The van der Waals surface area contributed by atoms with Crippen LogP contribution < -0.4 is 0 Å². The van der Waals surface area contributed by atoms with E-state index in [0.29, 0.717) is 5.02 Å². The maximum absolute atomic E-state index is 13.0. The smallest absolute Gasteiger partial charge is 0.290 e. The maximum Gasteiger partial charge on any atom is 0.290 e. The Balaban J connectivity index is 2.11. The van der Waals surface area contributed by atoms with Crippen molar-refractivity contribution in [2.24, 2.45) is 5.41 Å². The van der Waals surface area contributed by atoms with Crippen molar-refractivity contribution in [1.29, 1.82) is 0 Å². The van der Waals surface area contributed by atoms with Gasteiger partial charge in [-0.1, -0.05) is 57.3 Å². The first-order valence-corrected chi connectivity index (χ1v) is 9.15. The van der Waals surface area contributed by atoms with E-state index in [1.54, 1.807) is 37.8 Å². The van der Waals surface area contributed by atoms with Crippen molar-refractivity contribution >= 4 is 23.3 Å². The van der Waals surface area contributed by atoms with E-state index in [2.05, 4.69) is 0 Å². The molecule has 4 nitrogen and oxygen atoms in total. The third-order valence-corrected chi connectivity index (χ3v) is 5.33. The number of rotatable bonds is 3. The summed E-state index contributed by atoms with van der Waals surface area (Å²) in [5, 5.41) is 11.1. The van der Waals surface area contributed by atoms with Gasteiger partial charge in [-0.05, 0) is 30.5 Å². The molecule has 0 saturated heterocycles. The maximum atomic E-state index is 13.0. The number of aliphatic hydroxyl groups excluding tert-OH is 1. The lowest BCUT2D eigenvalue weighted by molar-refractivity contribution is -0.131. The van der Waals surface area contributed by atoms with Crippen molar-refractivity contribution in [2.75, 3.05) is 0 Å². The minimum atomic E-state index is -0.681. The van der Waals surface area contributed by atoms with Gasteiger partial charge in [-0.25, -0.2) is 0 Å². The van der Waals surface area contributed by atoms with Crippen molar-refractivity contribution in [3.05, 3.63) is 46.2 Å². The van der Waals surface area contributed by atoms with Gasteiger partial charge in [-0.3, -0.25) is 9.59 Å². The molecule has 1 atom stereocenters. The van der Waals surface area contributed by atoms with Gasteiger partial charge in [0.25, 0.3) is 5.91 Å². The number of nitrogens with zero attached hydrogens (tertiary/aromatic N) is 1. The molecular formula is C20H24ClNO3. The van der Waals surface area contributed by atoms with Crippen molar-refractivity contribution in [3.8, 4) is 0 Å². The van der Waals surface area contributed by atoms with E-state index in [0.717, 1.165) is 31.2 Å². The van der Waals surface area contributed by atoms with Gasteiger partial charge in [0.15, 0.2) is 11.5 Å². The minimum Gasteiger partial charge on any atom is -0.503 e. The molecule has 1 heterocycles. The van der Waals surface area contributed by atoms with Crippen LogP contribution in [0.4, 0.5) is 0 Å². The Bertz CT molecular complexity index is 724. The molecule has 3 rings (SSSR count). The first kappa shape index (κ1) is 18.0. The minimum absolute atomic E-state index is 0.0561. The van der Waals surface area contributed by atoms with Crippen LogP contribution in [0.15, 0.2) is 35.6 Å². The van der Waals surface area contributed by atoms with Crippen LogP contribution in [0, 0.1) is 5.41 Å². The van der Waals surface area contributed by atoms with Crippen LogP contribution >= 0.6 is 11.6 Å². The van der Waals surface area contributed by atoms with Crippen molar-refractivity contribution < 1.29 is 14.7 Å². The standard InChI is InChI=1S/C20H24ClNO3/c1-20(2,3)18(24)15-16(12-8-10-13(21)11-9-12)22(19(25)17(15)23)14-6-4-5-7-14/h8-11,14,16,23H,4-7H2,1-3H3. The van der Waals surface area contributed by atoms with Crippen molar-refractivity contribution in [2.45, 2.75) is 58.5 Å². The Hall–Kier alpha value is -1.81. The number of carbonyl (C=O) groups is 2. The van der Waals surface area contributed by atoms with Crippen LogP contribution in [0.1, 0.15) is 58.1 Å². The van der Waals surface area contributed by atoms with Gasteiger partial charge in [0, 0.05) is 16.5 Å². The summed E-state index contributed by atoms with van der Waals surface area (Å²) < 4.78 is 0. The van der Waals surface area contributed by atoms with Crippen molar-refractivity contribution in [1.82, 2.24) is 4.90 Å². The number of hydrogen-bond acceptors (Lipinski definition) is 3. The third-order valence-electron chi connectivity index (χ3n) is 5.07. The molecule has 134 valence electrons. The van der Waals surface area contributed by atoms with Gasteiger partial charge < -0.3 is 10.0 Å². The second-order valence-corrected chi connectivity index (χ2v) is 8.38. The fourth-order valence-corrected chi connectivity index (χ4v) is 3.92. The third kappa shape index (κ3) is 3.20. The monoisotopic (exact) mass is 361 g/mol. The molecule has 1 fully saturated rings. The Kier molecular flexibility index (Phi) is 4.67. The highest BCUT2D eigenvalue weighted by Gasteiger charge is 2.48. The Morgan fingerprint density at radius 3 is 2.24 bits per heavy atom. The predicted octanol–water partition coefficient (Wildman–Crippen LogP) is 4.59. The molecule has 0 spiro atoms. The number of Topliss-reactive ketones (excluding diaryl/α,β-unsaturated/α-hetero) is 1. The first-order valence-electron chi connectivity index (χ1n) is 8.78. The van der Waals surface area contributed by atoms with E-state index in [1.165, 1.54) is 0 Å². The van der Waals surface area contributed by atoms with Gasteiger partial charge in [-0.15, -0.1) is 0 Å². The van der Waals surface area contributed by atoms with Gasteiger partial charge in [0.2, 0.25) is 0 Å². The average Bonchev–Trinajstić information content (AvgIpc) is 3.14. The molecule has 0 aromatic heterocycles. The quantitative estimate of drug-likeness (QED) is 0.856. The van der Waals surface area contributed by atoms with Gasteiger partial charge in [0.05, 0.1) is 11.6 Å². The number of hydrogen-bond donors (Lipinski definition) is 1. The van der Waals surface area contributed by atoms with E-state index in [1.807, 2.05) is 12.1 Å². The number of halogens is 1. The highest BCUT2D eigenvalue weighted by atomic mass is 35.5. The summed E-state index contributed by atoms with van der Waals surface area (Å²) in [5.41, 5.74) is 0.341. The molecule has 1 unspecified atom stereocenters. The summed E-state index contributed by atoms with van der Waals surface area (Å²) in [6, 6.07) is 6.68. The second-order valence-electron chi connectivity index (χ2n) is 7.95.